The van der Waals surface area contributed by atoms with Crippen LogP contribution in [0.4, 0.5) is 0 Å². The van der Waals surface area contributed by atoms with E-state index in [9.17, 15) is 0 Å². The Balaban J connectivity index is 1.80. The molecule has 13 heavy (non-hydrogen) atoms. The molecule has 0 aromatic heterocycles. The first-order chi connectivity index (χ1) is 6.42. The first-order valence-corrected chi connectivity index (χ1v) is 6.88. The molecular formula is C11H21NS. The Morgan fingerprint density at radius 3 is 2.69 bits per heavy atom. The van der Waals surface area contributed by atoms with Gasteiger partial charge in [0, 0.05) is 6.04 Å². The van der Waals surface area contributed by atoms with E-state index in [2.05, 4.69) is 24.0 Å². The minimum Gasteiger partial charge on any atom is -0.313 e. The maximum absolute atomic E-state index is 3.76. The average Bonchev–Trinajstić information content (AvgIpc) is 2.82. The van der Waals surface area contributed by atoms with E-state index in [-0.39, 0.29) is 0 Å². The van der Waals surface area contributed by atoms with E-state index >= 15 is 0 Å². The summed E-state index contributed by atoms with van der Waals surface area (Å²) in [5.41, 5.74) is 0. The van der Waals surface area contributed by atoms with E-state index in [0.717, 1.165) is 17.9 Å². The minimum absolute atomic E-state index is 0.870. The molecule has 1 N–H and O–H groups in total. The van der Waals surface area contributed by atoms with Crippen molar-refractivity contribution in [2.45, 2.75) is 38.6 Å². The standard InChI is InChI=1S/C11H21NS/c1-2-6-12-11(9-3-4-9)10-5-7-13-8-10/h9-12H,2-8H2,1H3. The summed E-state index contributed by atoms with van der Waals surface area (Å²) in [6, 6.07) is 0.870. The molecule has 0 bridgehead atoms. The van der Waals surface area contributed by atoms with Gasteiger partial charge in [0.25, 0.3) is 0 Å². The predicted molar refractivity (Wildman–Crippen MR) is 60.2 cm³/mol. The van der Waals surface area contributed by atoms with Crippen molar-refractivity contribution in [1.82, 2.24) is 5.32 Å². The van der Waals surface area contributed by atoms with Crippen molar-refractivity contribution in [3.8, 4) is 0 Å². The van der Waals surface area contributed by atoms with Gasteiger partial charge in [-0.1, -0.05) is 6.92 Å². The molecule has 1 nitrogen and oxygen atoms in total. The summed E-state index contributed by atoms with van der Waals surface area (Å²) < 4.78 is 0. The van der Waals surface area contributed by atoms with Crippen molar-refractivity contribution in [3.05, 3.63) is 0 Å². The molecule has 2 heteroatoms. The molecule has 0 amide bonds. The molecular weight excluding hydrogens is 178 g/mol. The normalized spacial score (nSPS) is 30.7. The number of hydrogen-bond acceptors (Lipinski definition) is 2. The SMILES string of the molecule is CCCNC(C1CC1)C1CCSC1. The van der Waals surface area contributed by atoms with Crippen molar-refractivity contribution < 1.29 is 0 Å². The summed E-state index contributed by atoms with van der Waals surface area (Å²) in [6.45, 7) is 3.49. The van der Waals surface area contributed by atoms with Crippen LogP contribution in [0.5, 0.6) is 0 Å². The molecule has 2 rings (SSSR count). The molecule has 0 aromatic rings. The topological polar surface area (TPSA) is 12.0 Å². The van der Waals surface area contributed by atoms with Crippen LogP contribution in [0, 0.1) is 11.8 Å². The second-order valence-electron chi connectivity index (χ2n) is 4.44. The van der Waals surface area contributed by atoms with Gasteiger partial charge < -0.3 is 5.32 Å². The monoisotopic (exact) mass is 199 g/mol. The van der Waals surface area contributed by atoms with Gasteiger partial charge in [0.05, 0.1) is 0 Å². The van der Waals surface area contributed by atoms with Gasteiger partial charge in [-0.15, -0.1) is 0 Å². The molecule has 1 saturated carbocycles. The van der Waals surface area contributed by atoms with Crippen LogP contribution in [-0.4, -0.2) is 24.1 Å². The number of rotatable bonds is 5. The summed E-state index contributed by atoms with van der Waals surface area (Å²) in [7, 11) is 0. The summed E-state index contributed by atoms with van der Waals surface area (Å²) in [4.78, 5) is 0. The molecule has 0 radical (unpaired) electrons. The Bertz CT molecular complexity index is 150. The molecule has 2 atom stereocenters. The lowest BCUT2D eigenvalue weighted by molar-refractivity contribution is 0.347. The van der Waals surface area contributed by atoms with Crippen LogP contribution in [0.1, 0.15) is 32.6 Å². The minimum atomic E-state index is 0.870. The molecule has 2 unspecified atom stereocenters. The van der Waals surface area contributed by atoms with E-state index in [1.165, 1.54) is 43.7 Å². The summed E-state index contributed by atoms with van der Waals surface area (Å²) in [5, 5.41) is 3.76. The van der Waals surface area contributed by atoms with Gasteiger partial charge in [0.15, 0.2) is 0 Å². The second-order valence-corrected chi connectivity index (χ2v) is 5.59. The largest absolute Gasteiger partial charge is 0.313 e. The highest BCUT2D eigenvalue weighted by molar-refractivity contribution is 7.99. The third-order valence-electron chi connectivity index (χ3n) is 3.23. The van der Waals surface area contributed by atoms with E-state index < -0.39 is 0 Å². The van der Waals surface area contributed by atoms with Gasteiger partial charge in [0.1, 0.15) is 0 Å². The number of thioether (sulfide) groups is 1. The van der Waals surface area contributed by atoms with E-state index in [1.54, 1.807) is 0 Å². The second kappa shape index (κ2) is 4.70. The number of nitrogens with one attached hydrogen (secondary N) is 1. The van der Waals surface area contributed by atoms with Crippen LogP contribution in [0.2, 0.25) is 0 Å². The summed E-state index contributed by atoms with van der Waals surface area (Å²) in [6.07, 6.45) is 5.72. The third kappa shape index (κ3) is 2.63. The smallest absolute Gasteiger partial charge is 0.0132 e. The quantitative estimate of drug-likeness (QED) is 0.730. The maximum atomic E-state index is 3.76. The molecule has 1 aliphatic heterocycles. The van der Waals surface area contributed by atoms with Crippen LogP contribution in [0.25, 0.3) is 0 Å². The Hall–Kier alpha value is 0.310. The zero-order valence-corrected chi connectivity index (χ0v) is 9.41. The van der Waals surface area contributed by atoms with Gasteiger partial charge in [-0.05, 0) is 55.6 Å². The van der Waals surface area contributed by atoms with E-state index in [1.807, 2.05) is 0 Å². The Labute approximate surface area is 86.0 Å². The van der Waals surface area contributed by atoms with Gasteiger partial charge in [-0.25, -0.2) is 0 Å². The first kappa shape index (κ1) is 9.85. The molecule has 1 aliphatic carbocycles. The molecule has 0 aromatic carbocycles. The molecule has 2 aliphatic rings. The Kier molecular flexibility index (Phi) is 3.56. The molecule has 76 valence electrons. The third-order valence-corrected chi connectivity index (χ3v) is 4.42. The van der Waals surface area contributed by atoms with E-state index in [4.69, 9.17) is 0 Å². The first-order valence-electron chi connectivity index (χ1n) is 5.73. The van der Waals surface area contributed by atoms with Crippen LogP contribution in [-0.2, 0) is 0 Å². The van der Waals surface area contributed by atoms with Crippen molar-refractivity contribution in [1.29, 1.82) is 0 Å². The highest BCUT2D eigenvalue weighted by atomic mass is 32.2. The Morgan fingerprint density at radius 1 is 1.31 bits per heavy atom. The Morgan fingerprint density at radius 2 is 2.15 bits per heavy atom. The van der Waals surface area contributed by atoms with Crippen molar-refractivity contribution in [2.24, 2.45) is 11.8 Å². The molecule has 2 fully saturated rings. The molecule has 1 heterocycles. The summed E-state index contributed by atoms with van der Waals surface area (Å²) in [5.74, 6) is 4.85. The van der Waals surface area contributed by atoms with Gasteiger partial charge in [-0.2, -0.15) is 11.8 Å². The van der Waals surface area contributed by atoms with Crippen LogP contribution < -0.4 is 5.32 Å². The molecule has 0 spiro atoms. The van der Waals surface area contributed by atoms with Crippen molar-refractivity contribution in [2.75, 3.05) is 18.1 Å². The lowest BCUT2D eigenvalue weighted by Crippen LogP contribution is -2.38. The van der Waals surface area contributed by atoms with Crippen molar-refractivity contribution in [3.63, 3.8) is 0 Å². The average molecular weight is 199 g/mol. The summed E-state index contributed by atoms with van der Waals surface area (Å²) >= 11 is 2.15. The zero-order chi connectivity index (χ0) is 9.10. The van der Waals surface area contributed by atoms with Crippen LogP contribution in [0.3, 0.4) is 0 Å². The van der Waals surface area contributed by atoms with Gasteiger partial charge in [-0.3, -0.25) is 0 Å². The lowest BCUT2D eigenvalue weighted by atomic mass is 9.95. The highest BCUT2D eigenvalue weighted by Crippen LogP contribution is 2.40. The number of hydrogen-bond donors (Lipinski definition) is 1. The fourth-order valence-electron chi connectivity index (χ4n) is 2.32. The predicted octanol–water partition coefficient (Wildman–Crippen LogP) is 2.52. The lowest BCUT2D eigenvalue weighted by Gasteiger charge is -2.23. The molecule has 1 saturated heterocycles. The van der Waals surface area contributed by atoms with Gasteiger partial charge in [0.2, 0.25) is 0 Å². The van der Waals surface area contributed by atoms with Gasteiger partial charge >= 0.3 is 0 Å². The van der Waals surface area contributed by atoms with Crippen molar-refractivity contribution >= 4 is 11.8 Å². The highest BCUT2D eigenvalue weighted by Gasteiger charge is 2.37. The van der Waals surface area contributed by atoms with E-state index in [0.29, 0.717) is 0 Å². The fourth-order valence-corrected chi connectivity index (χ4v) is 3.63. The fraction of sp³-hybridized carbons (Fsp3) is 1.00. The zero-order valence-electron chi connectivity index (χ0n) is 8.59. The van der Waals surface area contributed by atoms with Crippen LogP contribution in [0.15, 0.2) is 0 Å². The maximum Gasteiger partial charge on any atom is 0.0132 e. The van der Waals surface area contributed by atoms with Crippen LogP contribution >= 0.6 is 11.8 Å².